The summed E-state index contributed by atoms with van der Waals surface area (Å²) in [5, 5.41) is 0. The number of rotatable bonds is 3. The van der Waals surface area contributed by atoms with E-state index in [9.17, 15) is 8.42 Å². The summed E-state index contributed by atoms with van der Waals surface area (Å²) in [6.45, 7) is 3.49. The van der Waals surface area contributed by atoms with Crippen molar-refractivity contribution in [3.05, 3.63) is 23.3 Å². The van der Waals surface area contributed by atoms with Gasteiger partial charge >= 0.3 is 0 Å². The second-order valence-corrected chi connectivity index (χ2v) is 4.89. The lowest BCUT2D eigenvalue weighted by Crippen LogP contribution is -2.06. The number of methoxy groups -OCH3 is 1. The van der Waals surface area contributed by atoms with Crippen molar-refractivity contribution in [2.75, 3.05) is 14.2 Å². The van der Waals surface area contributed by atoms with E-state index < -0.39 is 10.1 Å². The molecule has 84 valence electrons. The minimum absolute atomic E-state index is 0.184. The van der Waals surface area contributed by atoms with Crippen molar-refractivity contribution in [2.45, 2.75) is 18.7 Å². The van der Waals surface area contributed by atoms with Crippen LogP contribution in [0.25, 0.3) is 0 Å². The van der Waals surface area contributed by atoms with Crippen LogP contribution in [0.5, 0.6) is 5.75 Å². The number of hydrogen-bond acceptors (Lipinski definition) is 4. The quantitative estimate of drug-likeness (QED) is 0.741. The van der Waals surface area contributed by atoms with Gasteiger partial charge in [-0.3, -0.25) is 4.18 Å². The molecule has 0 saturated carbocycles. The summed E-state index contributed by atoms with van der Waals surface area (Å²) in [5.74, 6) is 0.669. The average molecular weight is 230 g/mol. The number of ether oxygens (including phenoxy) is 1. The van der Waals surface area contributed by atoms with E-state index in [1.165, 1.54) is 0 Å². The first-order valence-corrected chi connectivity index (χ1v) is 5.79. The topological polar surface area (TPSA) is 52.6 Å². The van der Waals surface area contributed by atoms with Gasteiger partial charge in [-0.15, -0.1) is 0 Å². The highest BCUT2D eigenvalue weighted by Gasteiger charge is 2.17. The first-order valence-electron chi connectivity index (χ1n) is 4.38. The van der Waals surface area contributed by atoms with Gasteiger partial charge in [0.25, 0.3) is 10.1 Å². The van der Waals surface area contributed by atoms with Crippen LogP contribution in [0.2, 0.25) is 0 Å². The molecule has 0 saturated heterocycles. The Kier molecular flexibility index (Phi) is 3.36. The molecule has 1 aromatic rings. The minimum Gasteiger partial charge on any atom is -0.496 e. The van der Waals surface area contributed by atoms with Crippen LogP contribution >= 0.6 is 0 Å². The van der Waals surface area contributed by atoms with Gasteiger partial charge in [0.1, 0.15) is 5.75 Å². The molecule has 0 fully saturated rings. The third-order valence-electron chi connectivity index (χ3n) is 2.18. The van der Waals surface area contributed by atoms with E-state index in [0.717, 1.165) is 12.7 Å². The normalized spacial score (nSPS) is 11.5. The SMILES string of the molecule is COc1cc(C)c(S(=O)(=O)OC)cc1C. The fourth-order valence-corrected chi connectivity index (χ4v) is 2.30. The van der Waals surface area contributed by atoms with Crippen LogP contribution in [0.15, 0.2) is 17.0 Å². The van der Waals surface area contributed by atoms with Crippen LogP contribution in [-0.2, 0) is 14.3 Å². The van der Waals surface area contributed by atoms with Gasteiger partial charge in [-0.05, 0) is 37.1 Å². The van der Waals surface area contributed by atoms with Gasteiger partial charge in [-0.25, -0.2) is 0 Å². The highest BCUT2D eigenvalue weighted by atomic mass is 32.2. The molecule has 0 radical (unpaired) electrons. The first-order chi connectivity index (χ1) is 6.92. The van der Waals surface area contributed by atoms with Crippen LogP contribution in [0.3, 0.4) is 0 Å². The molecule has 0 bridgehead atoms. The molecule has 15 heavy (non-hydrogen) atoms. The van der Waals surface area contributed by atoms with Crippen molar-refractivity contribution in [2.24, 2.45) is 0 Å². The molecule has 0 amide bonds. The average Bonchev–Trinajstić information content (AvgIpc) is 2.20. The Morgan fingerprint density at radius 1 is 1.07 bits per heavy atom. The molecule has 0 aliphatic heterocycles. The Balaban J connectivity index is 3.41. The Bertz CT molecular complexity index is 463. The smallest absolute Gasteiger partial charge is 0.296 e. The van der Waals surface area contributed by atoms with E-state index in [2.05, 4.69) is 4.18 Å². The van der Waals surface area contributed by atoms with Crippen LogP contribution in [0, 0.1) is 13.8 Å². The summed E-state index contributed by atoms with van der Waals surface area (Å²) < 4.78 is 32.6. The predicted octanol–water partition coefficient (Wildman–Crippen LogP) is 1.65. The van der Waals surface area contributed by atoms with Crippen molar-refractivity contribution in [3.8, 4) is 5.75 Å². The zero-order chi connectivity index (χ0) is 11.6. The van der Waals surface area contributed by atoms with Gasteiger partial charge in [-0.2, -0.15) is 8.42 Å². The summed E-state index contributed by atoms with van der Waals surface area (Å²) in [7, 11) is -0.937. The summed E-state index contributed by atoms with van der Waals surface area (Å²) >= 11 is 0. The molecule has 1 rings (SSSR count). The Labute approximate surface area is 90.0 Å². The zero-order valence-electron chi connectivity index (χ0n) is 9.20. The summed E-state index contributed by atoms with van der Waals surface area (Å²) in [6.07, 6.45) is 0. The monoisotopic (exact) mass is 230 g/mol. The van der Waals surface area contributed by atoms with Crippen molar-refractivity contribution < 1.29 is 17.3 Å². The lowest BCUT2D eigenvalue weighted by atomic mass is 10.1. The van der Waals surface area contributed by atoms with Crippen molar-refractivity contribution in [1.29, 1.82) is 0 Å². The molecular weight excluding hydrogens is 216 g/mol. The number of aryl methyl sites for hydroxylation is 2. The van der Waals surface area contributed by atoms with Crippen LogP contribution in [-0.4, -0.2) is 22.6 Å². The van der Waals surface area contributed by atoms with Gasteiger partial charge in [0.2, 0.25) is 0 Å². The molecule has 0 heterocycles. The first kappa shape index (κ1) is 12.0. The fourth-order valence-electron chi connectivity index (χ4n) is 1.34. The Hall–Kier alpha value is -1.07. The van der Waals surface area contributed by atoms with Gasteiger partial charge in [0.05, 0.1) is 19.1 Å². The van der Waals surface area contributed by atoms with E-state index >= 15 is 0 Å². The molecule has 0 atom stereocenters. The van der Waals surface area contributed by atoms with E-state index in [1.807, 2.05) is 0 Å². The second-order valence-electron chi connectivity index (χ2n) is 3.21. The van der Waals surface area contributed by atoms with E-state index in [0.29, 0.717) is 11.3 Å². The van der Waals surface area contributed by atoms with Gasteiger partial charge < -0.3 is 4.74 Å². The van der Waals surface area contributed by atoms with Crippen LogP contribution in [0.1, 0.15) is 11.1 Å². The maximum Gasteiger partial charge on any atom is 0.296 e. The second kappa shape index (κ2) is 4.20. The van der Waals surface area contributed by atoms with Crippen LogP contribution in [0.4, 0.5) is 0 Å². The molecule has 4 nitrogen and oxygen atoms in total. The summed E-state index contributed by atoms with van der Waals surface area (Å²) in [5.41, 5.74) is 1.37. The largest absolute Gasteiger partial charge is 0.496 e. The number of hydrogen-bond donors (Lipinski definition) is 0. The molecular formula is C10H14O4S. The Morgan fingerprint density at radius 3 is 2.13 bits per heavy atom. The lowest BCUT2D eigenvalue weighted by molar-refractivity contribution is 0.396. The van der Waals surface area contributed by atoms with Crippen molar-refractivity contribution >= 4 is 10.1 Å². The van der Waals surface area contributed by atoms with Gasteiger partial charge in [0.15, 0.2) is 0 Å². The van der Waals surface area contributed by atoms with Crippen molar-refractivity contribution in [3.63, 3.8) is 0 Å². The van der Waals surface area contributed by atoms with E-state index in [4.69, 9.17) is 4.74 Å². The molecule has 0 N–H and O–H groups in total. The molecule has 0 unspecified atom stereocenters. The number of benzene rings is 1. The predicted molar refractivity (Wildman–Crippen MR) is 56.7 cm³/mol. The van der Waals surface area contributed by atoms with E-state index in [-0.39, 0.29) is 4.90 Å². The standard InChI is InChI=1S/C10H14O4S/c1-7-6-10(15(11,12)14-4)8(2)5-9(7)13-3/h5-6H,1-4H3. The fraction of sp³-hybridized carbons (Fsp3) is 0.400. The third-order valence-corrected chi connectivity index (χ3v) is 3.60. The summed E-state index contributed by atoms with van der Waals surface area (Å²) in [6, 6.07) is 3.23. The molecule has 1 aromatic carbocycles. The van der Waals surface area contributed by atoms with Crippen molar-refractivity contribution in [1.82, 2.24) is 0 Å². The molecule has 0 aromatic heterocycles. The Morgan fingerprint density at radius 2 is 1.67 bits per heavy atom. The van der Waals surface area contributed by atoms with Gasteiger partial charge in [-0.1, -0.05) is 0 Å². The zero-order valence-corrected chi connectivity index (χ0v) is 10.0. The molecule has 0 aliphatic rings. The van der Waals surface area contributed by atoms with Gasteiger partial charge in [0, 0.05) is 0 Å². The van der Waals surface area contributed by atoms with Crippen LogP contribution < -0.4 is 4.74 Å². The maximum atomic E-state index is 11.5. The molecule has 0 aliphatic carbocycles. The highest BCUT2D eigenvalue weighted by Crippen LogP contribution is 2.26. The van der Waals surface area contributed by atoms with E-state index in [1.54, 1.807) is 33.1 Å². The molecule has 5 heteroatoms. The third kappa shape index (κ3) is 2.30. The highest BCUT2D eigenvalue weighted by molar-refractivity contribution is 7.86. The maximum absolute atomic E-state index is 11.5. The minimum atomic E-state index is -3.63. The lowest BCUT2D eigenvalue weighted by Gasteiger charge is -2.10. The summed E-state index contributed by atoms with van der Waals surface area (Å²) in [4.78, 5) is 0.184. The molecule has 0 spiro atoms.